The van der Waals surface area contributed by atoms with Gasteiger partial charge in [0, 0.05) is 38.1 Å². The van der Waals surface area contributed by atoms with E-state index in [4.69, 9.17) is 4.74 Å². The van der Waals surface area contributed by atoms with Gasteiger partial charge >= 0.3 is 6.03 Å². The van der Waals surface area contributed by atoms with Gasteiger partial charge in [0.2, 0.25) is 0 Å². The molecule has 2 atom stereocenters. The van der Waals surface area contributed by atoms with Gasteiger partial charge in [-0.3, -0.25) is 0 Å². The monoisotopic (exact) mass is 346 g/mol. The molecular weight excluding hydrogens is 316 g/mol. The molecule has 2 N–H and O–H groups in total. The maximum atomic E-state index is 12.4. The molecule has 0 bridgehead atoms. The van der Waals surface area contributed by atoms with Crippen molar-refractivity contribution in [2.75, 3.05) is 26.2 Å². The zero-order valence-corrected chi connectivity index (χ0v) is 15.3. The molecule has 2 aliphatic rings. The Kier molecular flexibility index (Phi) is 5.64. The van der Waals surface area contributed by atoms with Crippen molar-refractivity contribution in [3.05, 3.63) is 35.4 Å². The fourth-order valence-corrected chi connectivity index (χ4v) is 4.12. The molecule has 0 radical (unpaired) electrons. The second-order valence-electron chi connectivity index (χ2n) is 7.38. The highest BCUT2D eigenvalue weighted by Crippen LogP contribution is 2.50. The molecule has 2 fully saturated rings. The summed E-state index contributed by atoms with van der Waals surface area (Å²) in [4.78, 5) is 14.2. The van der Waals surface area contributed by atoms with Crippen LogP contribution >= 0.6 is 0 Å². The SMILES string of the molecule is CCO[C@H]1C[C@H](O)C12CCN(C(=O)NCCc1ccc(C)cc1)CC2. The third kappa shape index (κ3) is 3.82. The van der Waals surface area contributed by atoms with Crippen LogP contribution in [0, 0.1) is 12.3 Å². The van der Waals surface area contributed by atoms with Crippen LogP contribution in [0.2, 0.25) is 0 Å². The minimum atomic E-state index is -0.282. The van der Waals surface area contributed by atoms with E-state index in [0.717, 1.165) is 25.7 Å². The number of ether oxygens (including phenoxy) is 1. The fraction of sp³-hybridized carbons (Fsp3) is 0.650. The highest BCUT2D eigenvalue weighted by atomic mass is 16.5. The summed E-state index contributed by atoms with van der Waals surface area (Å²) in [5.74, 6) is 0. The van der Waals surface area contributed by atoms with Gasteiger partial charge in [-0.25, -0.2) is 4.79 Å². The van der Waals surface area contributed by atoms with E-state index in [0.29, 0.717) is 26.2 Å². The van der Waals surface area contributed by atoms with Gasteiger partial charge in [-0.2, -0.15) is 0 Å². The maximum Gasteiger partial charge on any atom is 0.317 e. The van der Waals surface area contributed by atoms with Crippen molar-refractivity contribution in [1.82, 2.24) is 10.2 Å². The van der Waals surface area contributed by atoms with E-state index in [1.165, 1.54) is 11.1 Å². The summed E-state index contributed by atoms with van der Waals surface area (Å²) >= 11 is 0. The third-order valence-corrected chi connectivity index (χ3v) is 5.90. The third-order valence-electron chi connectivity index (χ3n) is 5.90. The molecular formula is C20H30N2O3. The first-order chi connectivity index (χ1) is 12.0. The topological polar surface area (TPSA) is 61.8 Å². The van der Waals surface area contributed by atoms with E-state index in [2.05, 4.69) is 36.5 Å². The summed E-state index contributed by atoms with van der Waals surface area (Å²) in [6, 6.07) is 8.42. The molecule has 3 rings (SSSR count). The summed E-state index contributed by atoms with van der Waals surface area (Å²) in [7, 11) is 0. The lowest BCUT2D eigenvalue weighted by Crippen LogP contribution is -2.63. The first-order valence-corrected chi connectivity index (χ1v) is 9.43. The van der Waals surface area contributed by atoms with Crippen LogP contribution in [0.25, 0.3) is 0 Å². The molecule has 5 nitrogen and oxygen atoms in total. The van der Waals surface area contributed by atoms with Crippen LogP contribution in [0.5, 0.6) is 0 Å². The molecule has 1 heterocycles. The Hall–Kier alpha value is -1.59. The summed E-state index contributed by atoms with van der Waals surface area (Å²) < 4.78 is 5.78. The Morgan fingerprint density at radius 3 is 2.60 bits per heavy atom. The molecule has 0 unspecified atom stereocenters. The summed E-state index contributed by atoms with van der Waals surface area (Å²) in [6.45, 7) is 6.78. The minimum absolute atomic E-state index is 0.00346. The molecule has 2 amide bonds. The molecule has 1 aromatic carbocycles. The van der Waals surface area contributed by atoms with Crippen molar-refractivity contribution in [2.24, 2.45) is 5.41 Å². The lowest BCUT2D eigenvalue weighted by atomic mass is 9.58. The minimum Gasteiger partial charge on any atom is -0.392 e. The summed E-state index contributed by atoms with van der Waals surface area (Å²) in [5, 5.41) is 13.3. The van der Waals surface area contributed by atoms with Gasteiger partial charge in [0.1, 0.15) is 0 Å². The standard InChI is InChI=1S/C20H30N2O3/c1-3-25-18-14-17(23)20(18)9-12-22(13-10-20)19(24)21-11-8-16-6-4-15(2)5-7-16/h4-7,17-18,23H,3,8-14H2,1-2H3,(H,21,24)/t17-,18-/m0/s1. The van der Waals surface area contributed by atoms with Crippen molar-refractivity contribution in [3.63, 3.8) is 0 Å². The van der Waals surface area contributed by atoms with Gasteiger partial charge in [-0.05, 0) is 38.7 Å². The highest BCUT2D eigenvalue weighted by molar-refractivity contribution is 5.74. The van der Waals surface area contributed by atoms with Crippen LogP contribution in [-0.2, 0) is 11.2 Å². The average Bonchev–Trinajstić information content (AvgIpc) is 2.63. The van der Waals surface area contributed by atoms with Crippen LogP contribution in [0.1, 0.15) is 37.3 Å². The molecule has 138 valence electrons. The van der Waals surface area contributed by atoms with Crippen molar-refractivity contribution < 1.29 is 14.6 Å². The van der Waals surface area contributed by atoms with E-state index in [9.17, 15) is 9.90 Å². The van der Waals surface area contributed by atoms with Gasteiger partial charge in [-0.15, -0.1) is 0 Å². The Balaban J connectivity index is 1.43. The number of nitrogens with zero attached hydrogens (tertiary/aromatic N) is 1. The van der Waals surface area contributed by atoms with E-state index in [1.54, 1.807) is 0 Å². The molecule has 25 heavy (non-hydrogen) atoms. The van der Waals surface area contributed by atoms with Crippen molar-refractivity contribution in [3.8, 4) is 0 Å². The maximum absolute atomic E-state index is 12.4. The quantitative estimate of drug-likeness (QED) is 0.861. The molecule has 1 aliphatic heterocycles. The number of piperidine rings is 1. The van der Waals surface area contributed by atoms with Crippen molar-refractivity contribution >= 4 is 6.03 Å². The average molecular weight is 346 g/mol. The number of aliphatic hydroxyl groups is 1. The number of rotatable bonds is 5. The Bertz CT molecular complexity index is 577. The van der Waals surface area contributed by atoms with Crippen molar-refractivity contribution in [1.29, 1.82) is 0 Å². The van der Waals surface area contributed by atoms with Crippen LogP contribution in [0.15, 0.2) is 24.3 Å². The van der Waals surface area contributed by atoms with Gasteiger partial charge in [0.25, 0.3) is 0 Å². The fourth-order valence-electron chi connectivity index (χ4n) is 4.12. The molecule has 1 saturated carbocycles. The normalized spacial score (nSPS) is 24.8. The largest absolute Gasteiger partial charge is 0.392 e. The zero-order chi connectivity index (χ0) is 17.9. The molecule has 1 aromatic rings. The second-order valence-corrected chi connectivity index (χ2v) is 7.38. The van der Waals surface area contributed by atoms with Crippen molar-refractivity contribution in [2.45, 2.75) is 51.7 Å². The number of carbonyl (C=O) groups is 1. The number of likely N-dealkylation sites (tertiary alicyclic amines) is 1. The number of aryl methyl sites for hydroxylation is 1. The van der Waals surface area contributed by atoms with Crippen LogP contribution in [0.4, 0.5) is 4.79 Å². The molecule has 0 aromatic heterocycles. The number of amides is 2. The van der Waals surface area contributed by atoms with Gasteiger partial charge < -0.3 is 20.1 Å². The molecule has 1 aliphatic carbocycles. The Labute approximate surface area is 150 Å². The van der Waals surface area contributed by atoms with E-state index < -0.39 is 0 Å². The lowest BCUT2D eigenvalue weighted by Gasteiger charge is -2.56. The van der Waals surface area contributed by atoms with Gasteiger partial charge in [0.05, 0.1) is 12.2 Å². The Morgan fingerprint density at radius 1 is 1.32 bits per heavy atom. The number of aliphatic hydroxyl groups excluding tert-OH is 1. The number of benzene rings is 1. The first-order valence-electron chi connectivity index (χ1n) is 9.43. The van der Waals surface area contributed by atoms with Gasteiger partial charge in [0.15, 0.2) is 0 Å². The number of hydrogen-bond donors (Lipinski definition) is 2. The summed E-state index contributed by atoms with van der Waals surface area (Å²) in [5.41, 5.74) is 2.36. The molecule has 5 heteroatoms. The predicted molar refractivity (Wildman–Crippen MR) is 97.6 cm³/mol. The van der Waals surface area contributed by atoms with Crippen LogP contribution < -0.4 is 5.32 Å². The predicted octanol–water partition coefficient (Wildman–Crippen LogP) is 2.50. The van der Waals surface area contributed by atoms with E-state index >= 15 is 0 Å². The first kappa shape index (κ1) is 18.2. The number of nitrogens with one attached hydrogen (secondary N) is 1. The lowest BCUT2D eigenvalue weighted by molar-refractivity contribution is -0.207. The van der Waals surface area contributed by atoms with E-state index in [1.807, 2.05) is 11.8 Å². The number of hydrogen-bond acceptors (Lipinski definition) is 3. The number of urea groups is 1. The van der Waals surface area contributed by atoms with Crippen LogP contribution in [0.3, 0.4) is 0 Å². The number of carbonyl (C=O) groups excluding carboxylic acids is 1. The summed E-state index contributed by atoms with van der Waals surface area (Å²) in [6.07, 6.45) is 3.09. The molecule has 1 saturated heterocycles. The smallest absolute Gasteiger partial charge is 0.317 e. The zero-order valence-electron chi connectivity index (χ0n) is 15.3. The van der Waals surface area contributed by atoms with Gasteiger partial charge in [-0.1, -0.05) is 29.8 Å². The highest BCUT2D eigenvalue weighted by Gasteiger charge is 2.56. The Morgan fingerprint density at radius 2 is 2.00 bits per heavy atom. The van der Waals surface area contributed by atoms with Crippen LogP contribution in [-0.4, -0.2) is 54.5 Å². The molecule has 1 spiro atoms. The second kappa shape index (κ2) is 7.75. The van der Waals surface area contributed by atoms with E-state index in [-0.39, 0.29) is 23.7 Å².